The molecular formula is C33H41ClO5. The highest BCUT2D eigenvalue weighted by atomic mass is 35.5. The van der Waals surface area contributed by atoms with Gasteiger partial charge in [0.25, 0.3) is 0 Å². The molecule has 0 saturated heterocycles. The maximum atomic E-state index is 11.6. The van der Waals surface area contributed by atoms with Crippen LogP contribution in [-0.4, -0.2) is 37.4 Å². The monoisotopic (exact) mass is 552 g/mol. The molecule has 0 radical (unpaired) electrons. The second-order valence-electron chi connectivity index (χ2n) is 8.74. The van der Waals surface area contributed by atoms with Crippen LogP contribution in [0.2, 0.25) is 0 Å². The molecule has 3 aromatic rings. The highest BCUT2D eigenvalue weighted by molar-refractivity contribution is 6.18. The van der Waals surface area contributed by atoms with Crippen molar-refractivity contribution in [3.63, 3.8) is 0 Å². The summed E-state index contributed by atoms with van der Waals surface area (Å²) in [5.74, 6) is 2.72. The molecule has 0 amide bonds. The fraction of sp³-hybridized carbons (Fsp3) is 0.364. The van der Waals surface area contributed by atoms with Gasteiger partial charge in [0.05, 0.1) is 14.2 Å². The zero-order valence-electron chi connectivity index (χ0n) is 23.6. The Hall–Kier alpha value is -3.44. The van der Waals surface area contributed by atoms with Crippen LogP contribution >= 0.6 is 11.6 Å². The minimum Gasteiger partial charge on any atom is -0.497 e. The van der Waals surface area contributed by atoms with Crippen LogP contribution in [0.15, 0.2) is 78.9 Å². The van der Waals surface area contributed by atoms with Crippen LogP contribution in [0.4, 0.5) is 0 Å². The van der Waals surface area contributed by atoms with Crippen molar-refractivity contribution in [1.82, 2.24) is 0 Å². The molecule has 0 heterocycles. The molecule has 0 spiro atoms. The van der Waals surface area contributed by atoms with Crippen molar-refractivity contribution in [2.45, 2.75) is 58.8 Å². The molecule has 39 heavy (non-hydrogen) atoms. The first kappa shape index (κ1) is 33.6. The van der Waals surface area contributed by atoms with E-state index in [1.807, 2.05) is 73.7 Å². The lowest BCUT2D eigenvalue weighted by molar-refractivity contribution is 0.0972. The van der Waals surface area contributed by atoms with E-state index < -0.39 is 0 Å². The Bertz CT molecular complexity index is 1090. The molecule has 5 nitrogen and oxygen atoms in total. The highest BCUT2D eigenvalue weighted by Crippen LogP contribution is 2.14. The topological polar surface area (TPSA) is 69.7 Å². The molecule has 3 rings (SSSR count). The summed E-state index contributed by atoms with van der Waals surface area (Å²) in [5.41, 5.74) is 2.32. The van der Waals surface area contributed by atoms with E-state index in [1.165, 1.54) is 0 Å². The lowest BCUT2D eigenvalue weighted by atomic mass is 10.1. The smallest absolute Gasteiger partial charge is 0.162 e. The molecule has 0 aliphatic carbocycles. The number of hydrogen-bond donors (Lipinski definition) is 0. The zero-order valence-corrected chi connectivity index (χ0v) is 24.3. The number of unbranched alkanes of at least 4 members (excludes halogenated alkanes) is 1. The van der Waals surface area contributed by atoms with E-state index in [9.17, 15) is 14.4 Å². The van der Waals surface area contributed by atoms with E-state index in [-0.39, 0.29) is 17.3 Å². The van der Waals surface area contributed by atoms with Crippen LogP contribution in [0.25, 0.3) is 0 Å². The van der Waals surface area contributed by atoms with Crippen LogP contribution in [0.5, 0.6) is 11.5 Å². The Kier molecular flexibility index (Phi) is 17.7. The SMILES string of the molecule is CCCC(=O)c1ccc(OC)cc1.CCCCC(=O)c1ccc(OC)cc1.O=C(CCCCl)c1ccccc1. The predicted octanol–water partition coefficient (Wildman–Crippen LogP) is 8.63. The first-order valence-corrected chi connectivity index (χ1v) is 13.9. The summed E-state index contributed by atoms with van der Waals surface area (Å²) in [7, 11) is 3.23. The van der Waals surface area contributed by atoms with E-state index in [4.69, 9.17) is 21.1 Å². The van der Waals surface area contributed by atoms with E-state index in [2.05, 4.69) is 6.92 Å². The van der Waals surface area contributed by atoms with Gasteiger partial charge in [-0.05, 0) is 67.8 Å². The molecule has 0 aliphatic heterocycles. The Balaban J connectivity index is 0.000000293. The van der Waals surface area contributed by atoms with Gasteiger partial charge < -0.3 is 9.47 Å². The summed E-state index contributed by atoms with van der Waals surface area (Å²) in [4.78, 5) is 34.3. The molecular weight excluding hydrogens is 512 g/mol. The van der Waals surface area contributed by atoms with Crippen LogP contribution in [0, 0.1) is 0 Å². The minimum absolute atomic E-state index is 0.177. The van der Waals surface area contributed by atoms with E-state index in [0.29, 0.717) is 25.1 Å². The van der Waals surface area contributed by atoms with Gasteiger partial charge in [-0.25, -0.2) is 0 Å². The fourth-order valence-corrected chi connectivity index (χ4v) is 3.54. The standard InChI is InChI=1S/C12H16O2.C11H14O2.C10H11ClO/c1-3-4-5-12(13)10-6-8-11(14-2)9-7-10;1-3-4-11(12)9-5-7-10(13-2)8-6-9;11-8-4-7-10(12)9-5-2-1-3-6-9/h6-9H,3-5H2,1-2H3;5-8H,3-4H2,1-2H3;1-3,5-6H,4,7-8H2. The summed E-state index contributed by atoms with van der Waals surface area (Å²) >= 11 is 5.48. The third-order valence-electron chi connectivity index (χ3n) is 5.69. The largest absolute Gasteiger partial charge is 0.497 e. The van der Waals surface area contributed by atoms with Gasteiger partial charge in [-0.15, -0.1) is 11.6 Å². The number of benzene rings is 3. The van der Waals surface area contributed by atoms with Crippen molar-refractivity contribution in [3.05, 3.63) is 95.6 Å². The van der Waals surface area contributed by atoms with E-state index in [1.54, 1.807) is 26.4 Å². The Morgan fingerprint density at radius 2 is 0.974 bits per heavy atom. The summed E-state index contributed by atoms with van der Waals surface area (Å²) in [6.45, 7) is 4.09. The van der Waals surface area contributed by atoms with Crippen molar-refractivity contribution in [3.8, 4) is 11.5 Å². The summed E-state index contributed by atoms with van der Waals surface area (Å²) in [6, 6.07) is 23.8. The third-order valence-corrected chi connectivity index (χ3v) is 5.96. The zero-order chi connectivity index (χ0) is 28.9. The number of methoxy groups -OCH3 is 2. The van der Waals surface area contributed by atoms with Gasteiger partial charge in [0.2, 0.25) is 0 Å². The molecule has 0 unspecified atom stereocenters. The third kappa shape index (κ3) is 13.8. The van der Waals surface area contributed by atoms with Gasteiger partial charge in [0, 0.05) is 41.8 Å². The second-order valence-corrected chi connectivity index (χ2v) is 9.12. The van der Waals surface area contributed by atoms with Gasteiger partial charge in [-0.2, -0.15) is 0 Å². The molecule has 0 atom stereocenters. The van der Waals surface area contributed by atoms with Crippen molar-refractivity contribution in [2.75, 3.05) is 20.1 Å². The molecule has 0 aliphatic rings. The molecule has 0 aromatic heterocycles. The van der Waals surface area contributed by atoms with Gasteiger partial charge in [0.1, 0.15) is 11.5 Å². The number of ether oxygens (including phenoxy) is 2. The summed E-state index contributed by atoms with van der Waals surface area (Å²) < 4.78 is 10.0. The first-order chi connectivity index (χ1) is 18.9. The Labute approximate surface area is 238 Å². The van der Waals surface area contributed by atoms with Gasteiger partial charge in [-0.1, -0.05) is 50.6 Å². The molecule has 0 fully saturated rings. The van der Waals surface area contributed by atoms with Crippen molar-refractivity contribution < 1.29 is 23.9 Å². The first-order valence-electron chi connectivity index (χ1n) is 13.4. The number of Topliss-reactive ketones (excluding diaryl/α,β-unsaturated/α-hetero) is 3. The van der Waals surface area contributed by atoms with Crippen LogP contribution in [-0.2, 0) is 0 Å². The van der Waals surface area contributed by atoms with Gasteiger partial charge in [-0.3, -0.25) is 14.4 Å². The lowest BCUT2D eigenvalue weighted by Crippen LogP contribution is -1.98. The average Bonchev–Trinajstić information content (AvgIpc) is 3.00. The molecule has 0 N–H and O–H groups in total. The molecule has 3 aromatic carbocycles. The van der Waals surface area contributed by atoms with Crippen molar-refractivity contribution >= 4 is 29.0 Å². The van der Waals surface area contributed by atoms with Gasteiger partial charge in [0.15, 0.2) is 17.3 Å². The quantitative estimate of drug-likeness (QED) is 0.157. The number of carbonyl (C=O) groups is 3. The average molecular weight is 553 g/mol. The number of ketones is 3. The van der Waals surface area contributed by atoms with E-state index in [0.717, 1.165) is 53.9 Å². The number of halogens is 1. The number of carbonyl (C=O) groups excluding carboxylic acids is 3. The second kappa shape index (κ2) is 20.5. The van der Waals surface area contributed by atoms with Crippen LogP contribution in [0.1, 0.15) is 89.9 Å². The minimum atomic E-state index is 0.177. The molecule has 210 valence electrons. The van der Waals surface area contributed by atoms with Crippen LogP contribution in [0.3, 0.4) is 0 Å². The van der Waals surface area contributed by atoms with Gasteiger partial charge >= 0.3 is 0 Å². The highest BCUT2D eigenvalue weighted by Gasteiger charge is 2.05. The fourth-order valence-electron chi connectivity index (χ4n) is 3.40. The summed E-state index contributed by atoms with van der Waals surface area (Å²) in [5, 5.41) is 0. The Morgan fingerprint density at radius 3 is 1.36 bits per heavy atom. The predicted molar refractivity (Wildman–Crippen MR) is 160 cm³/mol. The maximum Gasteiger partial charge on any atom is 0.162 e. The normalized spacial score (nSPS) is 9.77. The van der Waals surface area contributed by atoms with Crippen molar-refractivity contribution in [2.24, 2.45) is 0 Å². The molecule has 0 saturated carbocycles. The molecule has 0 bridgehead atoms. The van der Waals surface area contributed by atoms with Crippen LogP contribution < -0.4 is 9.47 Å². The number of alkyl halides is 1. The lowest BCUT2D eigenvalue weighted by Gasteiger charge is -2.02. The van der Waals surface area contributed by atoms with E-state index >= 15 is 0 Å². The molecule has 6 heteroatoms. The number of hydrogen-bond acceptors (Lipinski definition) is 5. The maximum absolute atomic E-state index is 11.6. The summed E-state index contributed by atoms with van der Waals surface area (Å²) in [6.07, 6.45) is 5.48. The Morgan fingerprint density at radius 1 is 0.564 bits per heavy atom. The number of rotatable bonds is 13. The van der Waals surface area contributed by atoms with Crippen molar-refractivity contribution in [1.29, 1.82) is 0 Å².